The molecule has 0 bridgehead atoms. The van der Waals surface area contributed by atoms with Crippen molar-refractivity contribution in [3.8, 4) is 5.75 Å². The molecule has 1 aliphatic rings. The van der Waals surface area contributed by atoms with Gasteiger partial charge >= 0.3 is 12.1 Å². The molecular formula is C23H31NO8. The summed E-state index contributed by atoms with van der Waals surface area (Å²) >= 11 is 0. The maximum atomic E-state index is 12.6. The van der Waals surface area contributed by atoms with Crippen LogP contribution in [0.15, 0.2) is 24.3 Å². The molecule has 9 heteroatoms. The number of hydrogen-bond acceptors (Lipinski definition) is 8. The normalized spacial score (nSPS) is 14.4. The highest BCUT2D eigenvalue weighted by atomic mass is 16.8. The largest absolute Gasteiger partial charge is 0.534 e. The van der Waals surface area contributed by atoms with Gasteiger partial charge in [-0.15, -0.1) is 0 Å². The topological polar surface area (TPSA) is 108 Å². The van der Waals surface area contributed by atoms with E-state index in [0.717, 1.165) is 25.7 Å². The van der Waals surface area contributed by atoms with E-state index < -0.39 is 18.0 Å². The number of hydrogen-bond donors (Lipinski definition) is 0. The zero-order valence-corrected chi connectivity index (χ0v) is 18.7. The van der Waals surface area contributed by atoms with Gasteiger partial charge in [-0.05, 0) is 37.0 Å². The molecule has 1 aliphatic heterocycles. The van der Waals surface area contributed by atoms with Gasteiger partial charge in [-0.25, -0.2) is 4.79 Å². The SMILES string of the molecule is CCCCC(CCOCCC)C(=O)Oc1ccc(COC(=O)ON2C(=O)CCC2=O)cc1. The first-order chi connectivity index (χ1) is 15.4. The molecule has 2 amide bonds. The van der Waals surface area contributed by atoms with Crippen molar-refractivity contribution in [3.05, 3.63) is 29.8 Å². The Balaban J connectivity index is 1.80. The van der Waals surface area contributed by atoms with Gasteiger partial charge in [-0.1, -0.05) is 43.9 Å². The minimum absolute atomic E-state index is 0.0113. The van der Waals surface area contributed by atoms with Gasteiger partial charge in [0.1, 0.15) is 12.4 Å². The minimum atomic E-state index is -1.15. The molecule has 1 aromatic rings. The van der Waals surface area contributed by atoms with E-state index in [9.17, 15) is 19.2 Å². The van der Waals surface area contributed by atoms with Crippen LogP contribution in [0.25, 0.3) is 0 Å². The summed E-state index contributed by atoms with van der Waals surface area (Å²) in [5.74, 6) is -1.27. The highest BCUT2D eigenvalue weighted by Gasteiger charge is 2.33. The van der Waals surface area contributed by atoms with Crippen LogP contribution >= 0.6 is 0 Å². The maximum Gasteiger partial charge on any atom is 0.534 e. The van der Waals surface area contributed by atoms with Crippen molar-refractivity contribution in [2.75, 3.05) is 13.2 Å². The predicted octanol–water partition coefficient (Wildman–Crippen LogP) is 3.93. The fourth-order valence-electron chi connectivity index (χ4n) is 3.06. The third-order valence-electron chi connectivity index (χ3n) is 4.87. The van der Waals surface area contributed by atoms with Gasteiger partial charge < -0.3 is 14.2 Å². The van der Waals surface area contributed by atoms with E-state index in [1.165, 1.54) is 0 Å². The van der Waals surface area contributed by atoms with Gasteiger partial charge in [0.25, 0.3) is 11.8 Å². The van der Waals surface area contributed by atoms with Gasteiger partial charge in [0, 0.05) is 26.1 Å². The van der Waals surface area contributed by atoms with Crippen molar-refractivity contribution in [2.24, 2.45) is 5.92 Å². The van der Waals surface area contributed by atoms with Crippen LogP contribution < -0.4 is 4.74 Å². The Morgan fingerprint density at radius 3 is 2.28 bits per heavy atom. The van der Waals surface area contributed by atoms with Gasteiger partial charge in [-0.3, -0.25) is 19.2 Å². The molecule has 0 N–H and O–H groups in total. The summed E-state index contributed by atoms with van der Waals surface area (Å²) < 4.78 is 15.9. The summed E-state index contributed by atoms with van der Waals surface area (Å²) in [5, 5.41) is 0.424. The number of rotatable bonds is 13. The summed E-state index contributed by atoms with van der Waals surface area (Å²) in [6.07, 6.45) is 3.12. The lowest BCUT2D eigenvalue weighted by Gasteiger charge is -2.16. The molecule has 0 aliphatic carbocycles. The van der Waals surface area contributed by atoms with Gasteiger partial charge in [-0.2, -0.15) is 0 Å². The smallest absolute Gasteiger partial charge is 0.428 e. The number of ether oxygens (including phenoxy) is 3. The zero-order valence-electron chi connectivity index (χ0n) is 18.7. The number of carbonyl (C=O) groups excluding carboxylic acids is 4. The monoisotopic (exact) mass is 449 g/mol. The first-order valence-corrected chi connectivity index (χ1v) is 11.0. The van der Waals surface area contributed by atoms with E-state index in [-0.39, 0.29) is 31.3 Å². The second kappa shape index (κ2) is 13.5. The molecule has 1 unspecified atom stereocenters. The molecule has 1 saturated heterocycles. The summed E-state index contributed by atoms with van der Waals surface area (Å²) in [5.41, 5.74) is 0.622. The molecular weight excluding hydrogens is 418 g/mol. The molecule has 1 atom stereocenters. The number of hydroxylamine groups is 2. The van der Waals surface area contributed by atoms with Crippen molar-refractivity contribution in [1.82, 2.24) is 5.06 Å². The second-order valence-electron chi connectivity index (χ2n) is 7.52. The minimum Gasteiger partial charge on any atom is -0.428 e. The highest BCUT2D eigenvalue weighted by Crippen LogP contribution is 2.20. The van der Waals surface area contributed by atoms with Gasteiger partial charge in [0.15, 0.2) is 0 Å². The average Bonchev–Trinajstić information content (AvgIpc) is 3.10. The standard InChI is InChI=1S/C23H31NO8/c1-3-5-6-18(13-15-29-14-4-2)22(27)31-19-9-7-17(8-10-19)16-30-23(28)32-24-20(25)11-12-21(24)26/h7-10,18H,3-6,11-16H2,1-2H3. The summed E-state index contributed by atoms with van der Waals surface area (Å²) in [6.45, 7) is 5.19. The molecule has 9 nitrogen and oxygen atoms in total. The molecule has 0 radical (unpaired) electrons. The van der Waals surface area contributed by atoms with Crippen LogP contribution in [0.1, 0.15) is 64.4 Å². The lowest BCUT2D eigenvalue weighted by atomic mass is 9.99. The third kappa shape index (κ3) is 8.30. The Bertz CT molecular complexity index is 761. The molecule has 32 heavy (non-hydrogen) atoms. The Labute approximate surface area is 187 Å². The number of carbonyl (C=O) groups is 4. The Morgan fingerprint density at radius 2 is 1.66 bits per heavy atom. The predicted molar refractivity (Wildman–Crippen MR) is 113 cm³/mol. The molecule has 0 spiro atoms. The fourth-order valence-corrected chi connectivity index (χ4v) is 3.06. The van der Waals surface area contributed by atoms with E-state index in [2.05, 4.69) is 11.8 Å². The molecule has 0 saturated carbocycles. The second-order valence-corrected chi connectivity index (χ2v) is 7.52. The lowest BCUT2D eigenvalue weighted by Crippen LogP contribution is -2.32. The molecule has 1 aromatic carbocycles. The number of nitrogens with zero attached hydrogens (tertiary/aromatic N) is 1. The van der Waals surface area contributed by atoms with E-state index in [4.69, 9.17) is 14.2 Å². The maximum absolute atomic E-state index is 12.6. The van der Waals surface area contributed by atoms with Crippen LogP contribution in [0.3, 0.4) is 0 Å². The molecule has 0 aromatic heterocycles. The van der Waals surface area contributed by atoms with Crippen LogP contribution in [0.2, 0.25) is 0 Å². The Kier molecular flexibility index (Phi) is 10.7. The summed E-state index contributed by atoms with van der Waals surface area (Å²) in [6, 6.07) is 6.51. The quantitative estimate of drug-likeness (QED) is 0.193. The van der Waals surface area contributed by atoms with Crippen molar-refractivity contribution >= 4 is 23.9 Å². The molecule has 2 rings (SSSR count). The van der Waals surface area contributed by atoms with Crippen LogP contribution in [0.5, 0.6) is 5.75 Å². The molecule has 1 heterocycles. The number of esters is 1. The van der Waals surface area contributed by atoms with Crippen molar-refractivity contribution < 1.29 is 38.2 Å². The average molecular weight is 450 g/mol. The third-order valence-corrected chi connectivity index (χ3v) is 4.87. The Hall–Kier alpha value is -2.94. The van der Waals surface area contributed by atoms with Crippen LogP contribution in [0.4, 0.5) is 4.79 Å². The van der Waals surface area contributed by atoms with E-state index in [1.807, 2.05) is 6.92 Å². The lowest BCUT2D eigenvalue weighted by molar-refractivity contribution is -0.177. The number of unbranched alkanes of at least 4 members (excludes halogenated alkanes) is 1. The van der Waals surface area contributed by atoms with Crippen molar-refractivity contribution in [2.45, 2.75) is 65.4 Å². The van der Waals surface area contributed by atoms with Crippen LogP contribution in [-0.2, 0) is 35.3 Å². The first kappa shape index (κ1) is 25.3. The highest BCUT2D eigenvalue weighted by molar-refractivity contribution is 6.01. The van der Waals surface area contributed by atoms with Crippen molar-refractivity contribution in [3.63, 3.8) is 0 Å². The van der Waals surface area contributed by atoms with Crippen LogP contribution in [0, 0.1) is 5.92 Å². The van der Waals surface area contributed by atoms with E-state index in [0.29, 0.717) is 36.0 Å². The van der Waals surface area contributed by atoms with Gasteiger partial charge in [0.2, 0.25) is 0 Å². The Morgan fingerprint density at radius 1 is 0.969 bits per heavy atom. The van der Waals surface area contributed by atoms with Crippen LogP contribution in [-0.4, -0.2) is 42.2 Å². The number of benzene rings is 1. The first-order valence-electron chi connectivity index (χ1n) is 11.0. The summed E-state index contributed by atoms with van der Waals surface area (Å²) in [7, 11) is 0. The zero-order chi connectivity index (χ0) is 23.3. The molecule has 1 fully saturated rings. The van der Waals surface area contributed by atoms with Crippen molar-refractivity contribution in [1.29, 1.82) is 0 Å². The fraction of sp³-hybridized carbons (Fsp3) is 0.565. The van der Waals surface area contributed by atoms with E-state index >= 15 is 0 Å². The van der Waals surface area contributed by atoms with E-state index in [1.54, 1.807) is 24.3 Å². The number of imide groups is 1. The molecule has 176 valence electrons. The number of amides is 2. The van der Waals surface area contributed by atoms with Gasteiger partial charge in [0.05, 0.1) is 5.92 Å². The summed E-state index contributed by atoms with van der Waals surface area (Å²) in [4.78, 5) is 51.8.